The van der Waals surface area contributed by atoms with Crippen LogP contribution in [0.2, 0.25) is 0 Å². The second-order valence-corrected chi connectivity index (χ2v) is 8.10. The molecular weight excluding hydrogens is 394 g/mol. The third-order valence-corrected chi connectivity index (χ3v) is 5.88. The first kappa shape index (κ1) is 21.5. The Hall–Kier alpha value is -3.68. The molecule has 1 aliphatic carbocycles. The lowest BCUT2D eigenvalue weighted by Crippen LogP contribution is -2.42. The molecule has 1 unspecified atom stereocenters. The van der Waals surface area contributed by atoms with Gasteiger partial charge in [-0.3, -0.25) is 10.3 Å². The molecule has 0 fully saturated rings. The number of allylic oxidation sites excluding steroid dienone is 2. The number of nitrogens with one attached hydrogen (secondary N) is 1. The molecule has 0 radical (unpaired) electrons. The Labute approximate surface area is 189 Å². The fourth-order valence-electron chi connectivity index (χ4n) is 3.86. The second-order valence-electron chi connectivity index (χ2n) is 8.10. The van der Waals surface area contributed by atoms with Crippen LogP contribution in [0.25, 0.3) is 5.57 Å². The fourth-order valence-corrected chi connectivity index (χ4v) is 3.86. The van der Waals surface area contributed by atoms with Gasteiger partial charge in [-0.2, -0.15) is 5.26 Å². The highest BCUT2D eigenvalue weighted by Gasteiger charge is 2.28. The molecular formula is C28H27N3O. The van der Waals surface area contributed by atoms with Gasteiger partial charge >= 0.3 is 0 Å². The van der Waals surface area contributed by atoms with Crippen molar-refractivity contribution in [3.8, 4) is 11.8 Å². The summed E-state index contributed by atoms with van der Waals surface area (Å²) in [7, 11) is 0. The molecule has 3 aromatic rings. The van der Waals surface area contributed by atoms with Crippen LogP contribution >= 0.6 is 0 Å². The summed E-state index contributed by atoms with van der Waals surface area (Å²) in [5.74, 6) is 0.810. The number of pyridine rings is 1. The van der Waals surface area contributed by atoms with Gasteiger partial charge in [0.25, 0.3) is 0 Å². The van der Waals surface area contributed by atoms with Crippen molar-refractivity contribution in [2.45, 2.75) is 39.0 Å². The molecule has 32 heavy (non-hydrogen) atoms. The monoisotopic (exact) mass is 421 g/mol. The maximum absolute atomic E-state index is 9.92. The van der Waals surface area contributed by atoms with Crippen LogP contribution in [0.5, 0.6) is 5.75 Å². The predicted octanol–water partition coefficient (Wildman–Crippen LogP) is 5.67. The Bertz CT molecular complexity index is 1180. The number of rotatable bonds is 7. The van der Waals surface area contributed by atoms with E-state index in [9.17, 15) is 5.26 Å². The summed E-state index contributed by atoms with van der Waals surface area (Å²) in [5.41, 5.74) is 5.63. The minimum Gasteiger partial charge on any atom is -0.487 e. The van der Waals surface area contributed by atoms with Crippen LogP contribution in [-0.4, -0.2) is 10.5 Å². The van der Waals surface area contributed by atoms with Gasteiger partial charge in [-0.25, -0.2) is 0 Å². The van der Waals surface area contributed by atoms with E-state index in [2.05, 4.69) is 41.5 Å². The van der Waals surface area contributed by atoms with Crippen molar-refractivity contribution >= 4 is 5.57 Å². The molecule has 0 amide bonds. The molecule has 1 atom stereocenters. The van der Waals surface area contributed by atoms with E-state index >= 15 is 0 Å². The Morgan fingerprint density at radius 1 is 1.06 bits per heavy atom. The minimum absolute atomic E-state index is 0.499. The van der Waals surface area contributed by atoms with E-state index in [0.717, 1.165) is 39.3 Å². The second kappa shape index (κ2) is 9.64. The number of aryl methyl sites for hydroxylation is 1. The number of ether oxygens (including phenoxy) is 1. The Kier molecular flexibility index (Phi) is 6.49. The molecule has 0 spiro atoms. The van der Waals surface area contributed by atoms with E-state index in [1.165, 1.54) is 0 Å². The van der Waals surface area contributed by atoms with Crippen molar-refractivity contribution in [2.24, 2.45) is 0 Å². The Balaban J connectivity index is 1.45. The molecule has 4 heteroatoms. The molecule has 1 aromatic heterocycles. The number of hydrogen-bond acceptors (Lipinski definition) is 4. The number of hydrogen-bond donors (Lipinski definition) is 1. The van der Waals surface area contributed by atoms with Crippen molar-refractivity contribution < 1.29 is 4.74 Å². The molecule has 0 bridgehead atoms. The van der Waals surface area contributed by atoms with Gasteiger partial charge in [0.15, 0.2) is 0 Å². The smallest absolute Gasteiger partial charge is 0.144 e. The highest BCUT2D eigenvalue weighted by atomic mass is 16.5. The van der Waals surface area contributed by atoms with Crippen molar-refractivity contribution in [1.82, 2.24) is 10.3 Å². The topological polar surface area (TPSA) is 57.9 Å². The van der Waals surface area contributed by atoms with Gasteiger partial charge in [0, 0.05) is 19.2 Å². The van der Waals surface area contributed by atoms with Crippen molar-refractivity contribution in [1.29, 1.82) is 5.26 Å². The first-order valence-corrected chi connectivity index (χ1v) is 10.8. The summed E-state index contributed by atoms with van der Waals surface area (Å²) in [6.07, 6.45) is 8.61. The number of nitriles is 1. The fraction of sp³-hybridized carbons (Fsp3) is 0.214. The average molecular weight is 422 g/mol. The van der Waals surface area contributed by atoms with Crippen LogP contribution in [0, 0.1) is 25.2 Å². The standard InChI is InChI=1S/C28H27N3O/c1-21-26(17-30-22(2)27(21)32-19-23-9-5-3-6-10-23)18-31-28(20-29)15-13-25(14-16-28)24-11-7-4-8-12-24/h3-15,17,31H,16,18-19H2,1-2H3. The number of benzene rings is 2. The number of aromatic nitrogens is 1. The molecule has 2 aromatic carbocycles. The zero-order chi connectivity index (χ0) is 22.4. The molecule has 1 heterocycles. The lowest BCUT2D eigenvalue weighted by Gasteiger charge is -2.27. The number of nitrogens with zero attached hydrogens (tertiary/aromatic N) is 2. The van der Waals surface area contributed by atoms with Gasteiger partial charge in [-0.05, 0) is 47.8 Å². The first-order chi connectivity index (χ1) is 15.6. The van der Waals surface area contributed by atoms with Gasteiger partial charge in [0.05, 0.1) is 11.8 Å². The van der Waals surface area contributed by atoms with E-state index in [4.69, 9.17) is 4.74 Å². The molecule has 4 rings (SSSR count). The van der Waals surface area contributed by atoms with Crippen molar-refractivity contribution in [3.05, 3.63) is 113 Å². The summed E-state index contributed by atoms with van der Waals surface area (Å²) in [6, 6.07) is 22.8. The molecule has 1 aliphatic rings. The molecule has 0 saturated heterocycles. The first-order valence-electron chi connectivity index (χ1n) is 10.8. The van der Waals surface area contributed by atoms with Gasteiger partial charge in [0.1, 0.15) is 17.9 Å². The zero-order valence-corrected chi connectivity index (χ0v) is 18.5. The summed E-state index contributed by atoms with van der Waals surface area (Å²) in [4.78, 5) is 4.54. The maximum Gasteiger partial charge on any atom is 0.144 e. The maximum atomic E-state index is 9.92. The van der Waals surface area contributed by atoms with Crippen LogP contribution in [0.3, 0.4) is 0 Å². The summed E-state index contributed by atoms with van der Waals surface area (Å²) in [5, 5.41) is 13.4. The van der Waals surface area contributed by atoms with E-state index < -0.39 is 5.54 Å². The average Bonchev–Trinajstić information content (AvgIpc) is 2.85. The molecule has 0 aliphatic heterocycles. The van der Waals surface area contributed by atoms with Gasteiger partial charge in [0.2, 0.25) is 0 Å². The molecule has 1 N–H and O–H groups in total. The van der Waals surface area contributed by atoms with Crippen LogP contribution in [0.1, 0.15) is 34.4 Å². The SMILES string of the molecule is Cc1ncc(CNC2(C#N)C=CC(c3ccccc3)=CC2)c(C)c1OCc1ccccc1. The highest BCUT2D eigenvalue weighted by Crippen LogP contribution is 2.29. The van der Waals surface area contributed by atoms with E-state index in [0.29, 0.717) is 19.6 Å². The Morgan fingerprint density at radius 3 is 2.44 bits per heavy atom. The molecule has 4 nitrogen and oxygen atoms in total. The molecule has 0 saturated carbocycles. The van der Waals surface area contributed by atoms with Crippen molar-refractivity contribution in [2.75, 3.05) is 0 Å². The highest BCUT2D eigenvalue weighted by molar-refractivity contribution is 5.75. The summed E-state index contributed by atoms with van der Waals surface area (Å²) in [6.45, 7) is 5.04. The van der Waals surface area contributed by atoms with Crippen molar-refractivity contribution in [3.63, 3.8) is 0 Å². The predicted molar refractivity (Wildman–Crippen MR) is 128 cm³/mol. The third-order valence-electron chi connectivity index (χ3n) is 5.88. The third kappa shape index (κ3) is 4.80. The van der Waals surface area contributed by atoms with E-state index in [1.54, 1.807) is 0 Å². The largest absolute Gasteiger partial charge is 0.487 e. The minimum atomic E-state index is -0.735. The normalized spacial score (nSPS) is 17.5. The van der Waals surface area contributed by atoms with E-state index in [1.807, 2.05) is 73.8 Å². The van der Waals surface area contributed by atoms with Crippen LogP contribution < -0.4 is 10.1 Å². The molecule has 160 valence electrons. The van der Waals surface area contributed by atoms with Gasteiger partial charge in [-0.1, -0.05) is 72.8 Å². The Morgan fingerprint density at radius 2 is 1.78 bits per heavy atom. The van der Waals surface area contributed by atoms with Gasteiger partial charge < -0.3 is 4.74 Å². The lowest BCUT2D eigenvalue weighted by molar-refractivity contribution is 0.299. The summed E-state index contributed by atoms with van der Waals surface area (Å²) < 4.78 is 6.12. The van der Waals surface area contributed by atoms with E-state index in [-0.39, 0.29) is 0 Å². The van der Waals surface area contributed by atoms with Crippen LogP contribution in [0.4, 0.5) is 0 Å². The van der Waals surface area contributed by atoms with Crippen LogP contribution in [-0.2, 0) is 13.2 Å². The van der Waals surface area contributed by atoms with Gasteiger partial charge in [-0.15, -0.1) is 0 Å². The quantitative estimate of drug-likeness (QED) is 0.534. The summed E-state index contributed by atoms with van der Waals surface area (Å²) >= 11 is 0. The van der Waals surface area contributed by atoms with Crippen LogP contribution in [0.15, 0.2) is 85.1 Å². The lowest BCUT2D eigenvalue weighted by atomic mass is 9.87. The zero-order valence-electron chi connectivity index (χ0n) is 18.5.